The van der Waals surface area contributed by atoms with Crippen LogP contribution in [0.2, 0.25) is 0 Å². The summed E-state index contributed by atoms with van der Waals surface area (Å²) in [6.07, 6.45) is 0.787. The lowest BCUT2D eigenvalue weighted by Gasteiger charge is -2.19. The minimum Gasteiger partial charge on any atom is -0.463 e. The molecule has 4 heteroatoms. The van der Waals surface area contributed by atoms with E-state index in [0.717, 1.165) is 17.5 Å². The zero-order valence-corrected chi connectivity index (χ0v) is 10.8. The van der Waals surface area contributed by atoms with E-state index in [1.807, 2.05) is 6.07 Å². The van der Waals surface area contributed by atoms with Gasteiger partial charge in [-0.3, -0.25) is 0 Å². The van der Waals surface area contributed by atoms with E-state index in [-0.39, 0.29) is 11.2 Å². The maximum absolute atomic E-state index is 11.1. The number of carbonyl (C=O) groups excluding carboxylic acids is 1. The number of alkyl halides is 1. The first-order valence-electron chi connectivity index (χ1n) is 4.71. The average molecular weight is 275 g/mol. The molecule has 0 atom stereocenters. The normalized spacial score (nSPS) is 11.5. The van der Waals surface area contributed by atoms with Crippen LogP contribution < -0.4 is 0 Å². The molecular formula is C11H15BrO3. The molecule has 0 spiro atoms. The van der Waals surface area contributed by atoms with Gasteiger partial charge in [0.1, 0.15) is 5.76 Å². The average Bonchev–Trinajstić information content (AvgIpc) is 2.64. The van der Waals surface area contributed by atoms with Gasteiger partial charge in [-0.15, -0.1) is 0 Å². The first kappa shape index (κ1) is 12.3. The molecule has 0 aliphatic heterocycles. The SMILES string of the molecule is COC(=O)c1ccc(CC(C)(C)CBr)o1. The van der Waals surface area contributed by atoms with Crippen LogP contribution in [0.3, 0.4) is 0 Å². The molecule has 0 aliphatic rings. The van der Waals surface area contributed by atoms with E-state index >= 15 is 0 Å². The number of esters is 1. The highest BCUT2D eigenvalue weighted by atomic mass is 79.9. The van der Waals surface area contributed by atoms with Crippen molar-refractivity contribution in [2.45, 2.75) is 20.3 Å². The van der Waals surface area contributed by atoms with Crippen LogP contribution in [-0.4, -0.2) is 18.4 Å². The van der Waals surface area contributed by atoms with Crippen LogP contribution in [0.1, 0.15) is 30.2 Å². The van der Waals surface area contributed by atoms with Gasteiger partial charge in [-0.2, -0.15) is 0 Å². The van der Waals surface area contributed by atoms with E-state index in [1.165, 1.54) is 7.11 Å². The van der Waals surface area contributed by atoms with E-state index < -0.39 is 5.97 Å². The molecule has 1 heterocycles. The fourth-order valence-corrected chi connectivity index (χ4v) is 1.40. The van der Waals surface area contributed by atoms with Gasteiger partial charge in [0.25, 0.3) is 0 Å². The Bertz CT molecular complexity index is 341. The topological polar surface area (TPSA) is 39.4 Å². The van der Waals surface area contributed by atoms with Crippen molar-refractivity contribution < 1.29 is 13.9 Å². The first-order chi connectivity index (χ1) is 6.98. The molecule has 0 fully saturated rings. The molecule has 1 aromatic rings. The van der Waals surface area contributed by atoms with Gasteiger partial charge < -0.3 is 9.15 Å². The van der Waals surface area contributed by atoms with Gasteiger partial charge in [0, 0.05) is 11.8 Å². The molecule has 0 N–H and O–H groups in total. The van der Waals surface area contributed by atoms with E-state index in [9.17, 15) is 4.79 Å². The molecule has 15 heavy (non-hydrogen) atoms. The number of rotatable bonds is 4. The fourth-order valence-electron chi connectivity index (χ4n) is 1.20. The predicted octanol–water partition coefficient (Wildman–Crippen LogP) is 3.03. The molecular weight excluding hydrogens is 260 g/mol. The summed E-state index contributed by atoms with van der Waals surface area (Å²) in [5.74, 6) is 0.635. The van der Waals surface area contributed by atoms with Crippen molar-refractivity contribution in [1.82, 2.24) is 0 Å². The van der Waals surface area contributed by atoms with Gasteiger partial charge in [-0.25, -0.2) is 4.79 Å². The van der Waals surface area contributed by atoms with Crippen molar-refractivity contribution in [2.24, 2.45) is 5.41 Å². The van der Waals surface area contributed by atoms with Gasteiger partial charge in [-0.05, 0) is 17.5 Å². The molecule has 84 valence electrons. The summed E-state index contributed by atoms with van der Waals surface area (Å²) >= 11 is 3.44. The molecule has 0 radical (unpaired) electrons. The number of hydrogen-bond donors (Lipinski definition) is 0. The zero-order valence-electron chi connectivity index (χ0n) is 9.17. The van der Waals surface area contributed by atoms with Crippen molar-refractivity contribution >= 4 is 21.9 Å². The summed E-state index contributed by atoms with van der Waals surface area (Å²) in [5, 5.41) is 0.883. The summed E-state index contributed by atoms with van der Waals surface area (Å²) in [6.45, 7) is 4.25. The smallest absolute Gasteiger partial charge is 0.373 e. The van der Waals surface area contributed by atoms with Crippen molar-refractivity contribution in [3.63, 3.8) is 0 Å². The van der Waals surface area contributed by atoms with E-state index in [0.29, 0.717) is 0 Å². The number of halogens is 1. The second-order valence-corrected chi connectivity index (χ2v) is 4.79. The highest BCUT2D eigenvalue weighted by molar-refractivity contribution is 9.09. The Kier molecular flexibility index (Phi) is 3.97. The Morgan fingerprint density at radius 2 is 2.20 bits per heavy atom. The number of methoxy groups -OCH3 is 1. The minimum atomic E-state index is -0.433. The molecule has 0 bridgehead atoms. The fraction of sp³-hybridized carbons (Fsp3) is 0.545. The predicted molar refractivity (Wildman–Crippen MR) is 61.3 cm³/mol. The third kappa shape index (κ3) is 3.38. The number of ether oxygens (including phenoxy) is 1. The summed E-state index contributed by atoms with van der Waals surface area (Å²) in [7, 11) is 1.34. The number of hydrogen-bond acceptors (Lipinski definition) is 3. The van der Waals surface area contributed by atoms with Crippen molar-refractivity contribution in [1.29, 1.82) is 0 Å². The van der Waals surface area contributed by atoms with Crippen LogP contribution in [0.5, 0.6) is 0 Å². The van der Waals surface area contributed by atoms with Crippen LogP contribution in [0, 0.1) is 5.41 Å². The highest BCUT2D eigenvalue weighted by Gasteiger charge is 2.20. The van der Waals surface area contributed by atoms with Crippen LogP contribution in [0.25, 0.3) is 0 Å². The van der Waals surface area contributed by atoms with Crippen molar-refractivity contribution in [2.75, 3.05) is 12.4 Å². The van der Waals surface area contributed by atoms with Gasteiger partial charge >= 0.3 is 5.97 Å². The van der Waals surface area contributed by atoms with Gasteiger partial charge in [0.15, 0.2) is 0 Å². The van der Waals surface area contributed by atoms with Gasteiger partial charge in [0.2, 0.25) is 5.76 Å². The van der Waals surface area contributed by atoms with Crippen LogP contribution in [0.15, 0.2) is 16.5 Å². The molecule has 0 saturated carbocycles. The third-order valence-electron chi connectivity index (χ3n) is 2.06. The van der Waals surface area contributed by atoms with E-state index in [4.69, 9.17) is 4.42 Å². The molecule has 0 aliphatic carbocycles. The first-order valence-corrected chi connectivity index (χ1v) is 5.83. The monoisotopic (exact) mass is 274 g/mol. The summed E-state index contributed by atoms with van der Waals surface area (Å²) in [4.78, 5) is 11.1. The molecule has 0 saturated heterocycles. The van der Waals surface area contributed by atoms with E-state index in [2.05, 4.69) is 34.5 Å². The lowest BCUT2D eigenvalue weighted by atomic mass is 9.91. The van der Waals surface area contributed by atoms with Crippen molar-refractivity contribution in [3.8, 4) is 0 Å². The number of carbonyl (C=O) groups is 1. The van der Waals surface area contributed by atoms with E-state index in [1.54, 1.807) is 6.07 Å². The van der Waals surface area contributed by atoms with Gasteiger partial charge in [0.05, 0.1) is 7.11 Å². The Labute approximate surface area is 97.9 Å². The Balaban J connectivity index is 2.73. The van der Waals surface area contributed by atoms with Crippen LogP contribution in [-0.2, 0) is 11.2 Å². The third-order valence-corrected chi connectivity index (χ3v) is 3.58. The minimum absolute atomic E-state index is 0.116. The van der Waals surface area contributed by atoms with Gasteiger partial charge in [-0.1, -0.05) is 29.8 Å². The standard InChI is InChI=1S/C11H15BrO3/c1-11(2,7-12)6-8-4-5-9(15-8)10(13)14-3/h4-5H,6-7H2,1-3H3. The Morgan fingerprint density at radius 3 is 2.73 bits per heavy atom. The largest absolute Gasteiger partial charge is 0.463 e. The van der Waals surface area contributed by atoms with Crippen LogP contribution >= 0.6 is 15.9 Å². The molecule has 3 nitrogen and oxygen atoms in total. The summed E-state index contributed by atoms with van der Waals surface area (Å²) in [6, 6.07) is 3.46. The highest BCUT2D eigenvalue weighted by Crippen LogP contribution is 2.25. The second kappa shape index (κ2) is 4.84. The zero-order chi connectivity index (χ0) is 11.5. The molecule has 0 amide bonds. The number of furan rings is 1. The maximum atomic E-state index is 11.1. The lowest BCUT2D eigenvalue weighted by Crippen LogP contribution is -2.16. The van der Waals surface area contributed by atoms with Crippen LogP contribution in [0.4, 0.5) is 0 Å². The Hall–Kier alpha value is -0.770. The second-order valence-electron chi connectivity index (χ2n) is 4.23. The quantitative estimate of drug-likeness (QED) is 0.626. The van der Waals surface area contributed by atoms with Crippen molar-refractivity contribution in [3.05, 3.63) is 23.7 Å². The molecule has 0 aromatic carbocycles. The molecule has 0 unspecified atom stereocenters. The Morgan fingerprint density at radius 1 is 1.53 bits per heavy atom. The molecule has 1 aromatic heterocycles. The summed E-state index contributed by atoms with van der Waals surface area (Å²) in [5.41, 5.74) is 0.116. The summed E-state index contributed by atoms with van der Waals surface area (Å²) < 4.78 is 9.94. The lowest BCUT2D eigenvalue weighted by molar-refractivity contribution is 0.0562. The molecule has 1 rings (SSSR count). The maximum Gasteiger partial charge on any atom is 0.373 e.